The number of piperidine rings is 1. The van der Waals surface area contributed by atoms with Crippen molar-refractivity contribution < 1.29 is 14.3 Å². The molecule has 1 aromatic carbocycles. The van der Waals surface area contributed by atoms with Crippen LogP contribution < -0.4 is 0 Å². The van der Waals surface area contributed by atoms with E-state index in [2.05, 4.69) is 26.0 Å². The summed E-state index contributed by atoms with van der Waals surface area (Å²) in [6.07, 6.45) is 12.2. The van der Waals surface area contributed by atoms with Gasteiger partial charge in [-0.3, -0.25) is 9.59 Å². The number of fused-ring (bicyclic) bond motifs is 1. The van der Waals surface area contributed by atoms with Crippen LogP contribution in [0.25, 0.3) is 0 Å². The third-order valence-electron chi connectivity index (χ3n) is 7.45. The van der Waals surface area contributed by atoms with Crippen LogP contribution in [0.15, 0.2) is 42.5 Å². The Bertz CT molecular complexity index is 951. The summed E-state index contributed by atoms with van der Waals surface area (Å²) in [5.41, 5.74) is 2.14. The van der Waals surface area contributed by atoms with Gasteiger partial charge in [-0.1, -0.05) is 55.8 Å². The molecule has 184 valence electrons. The Morgan fingerprint density at radius 2 is 1.85 bits per heavy atom. The molecule has 2 aliphatic heterocycles. The zero-order valence-corrected chi connectivity index (χ0v) is 21.3. The minimum absolute atomic E-state index is 0.0184. The van der Waals surface area contributed by atoms with Crippen LogP contribution in [0.5, 0.6) is 0 Å². The van der Waals surface area contributed by atoms with E-state index in [1.807, 2.05) is 40.2 Å². The van der Waals surface area contributed by atoms with Gasteiger partial charge in [0.25, 0.3) is 0 Å². The van der Waals surface area contributed by atoms with E-state index in [-0.39, 0.29) is 42.2 Å². The molecule has 1 aliphatic carbocycles. The molecule has 2 heterocycles. The zero-order valence-electron chi connectivity index (χ0n) is 20.6. The van der Waals surface area contributed by atoms with Gasteiger partial charge in [-0.2, -0.15) is 0 Å². The van der Waals surface area contributed by atoms with E-state index in [4.69, 9.17) is 16.3 Å². The van der Waals surface area contributed by atoms with Crippen LogP contribution in [-0.2, 0) is 14.3 Å². The van der Waals surface area contributed by atoms with Crippen LogP contribution in [0, 0.1) is 11.8 Å². The zero-order chi connectivity index (χ0) is 24.2. The second-order valence-corrected chi connectivity index (χ2v) is 10.7. The molecule has 0 aromatic heterocycles. The lowest BCUT2D eigenvalue weighted by molar-refractivity contribution is -0.142. The molecule has 0 radical (unpaired) electrons. The number of methoxy groups -OCH3 is 1. The first-order chi connectivity index (χ1) is 16.4. The highest BCUT2D eigenvalue weighted by atomic mass is 35.5. The molecule has 1 fully saturated rings. The lowest BCUT2D eigenvalue weighted by Gasteiger charge is -2.35. The van der Waals surface area contributed by atoms with E-state index in [9.17, 15) is 9.59 Å². The molecule has 0 spiro atoms. The lowest BCUT2D eigenvalue weighted by atomic mass is 9.77. The van der Waals surface area contributed by atoms with Gasteiger partial charge in [-0.25, -0.2) is 0 Å². The summed E-state index contributed by atoms with van der Waals surface area (Å²) >= 11 is 6.49. The Hall–Kier alpha value is -2.11. The summed E-state index contributed by atoms with van der Waals surface area (Å²) in [6, 6.07) is 5.93. The number of hydrogen-bond acceptors (Lipinski definition) is 3. The van der Waals surface area contributed by atoms with Crippen LogP contribution in [0.3, 0.4) is 0 Å². The maximum Gasteiger partial charge on any atom is 0.242 e. The number of hydrogen-bond donors (Lipinski definition) is 0. The molecule has 4 unspecified atom stereocenters. The van der Waals surface area contributed by atoms with Crippen LogP contribution in [-0.4, -0.2) is 61.0 Å². The van der Waals surface area contributed by atoms with Crippen molar-refractivity contribution in [2.75, 3.05) is 33.3 Å². The highest BCUT2D eigenvalue weighted by molar-refractivity contribution is 6.30. The number of ether oxygens (including phenoxy) is 1. The number of amides is 2. The average molecular weight is 485 g/mol. The normalized spacial score (nSPS) is 27.1. The highest BCUT2D eigenvalue weighted by Crippen LogP contribution is 2.42. The number of rotatable bonds is 6. The fourth-order valence-corrected chi connectivity index (χ4v) is 5.92. The molecule has 3 aliphatic rings. The molecule has 0 bridgehead atoms. The highest BCUT2D eigenvalue weighted by Gasteiger charge is 2.40. The second-order valence-electron chi connectivity index (χ2n) is 10.3. The van der Waals surface area contributed by atoms with Gasteiger partial charge in [0.1, 0.15) is 0 Å². The summed E-state index contributed by atoms with van der Waals surface area (Å²) in [6.45, 7) is 6.47. The third-order valence-corrected chi connectivity index (χ3v) is 7.69. The van der Waals surface area contributed by atoms with Gasteiger partial charge in [0.15, 0.2) is 0 Å². The number of carbonyl (C=O) groups is 2. The molecule has 6 heteroatoms. The molecule has 0 N–H and O–H groups in total. The first-order valence-corrected chi connectivity index (χ1v) is 13.0. The SMILES string of the molecule is COC1C=CC=CC1C1CN(CC(=O)N2CCCCC2)C(=O)C(CC(C)C)c2ccc(Cl)cc21. The minimum atomic E-state index is -0.282. The van der Waals surface area contributed by atoms with Crippen molar-refractivity contribution in [2.24, 2.45) is 11.8 Å². The number of benzene rings is 1. The summed E-state index contributed by atoms with van der Waals surface area (Å²) in [5, 5.41) is 0.668. The Labute approximate surface area is 208 Å². The first-order valence-electron chi connectivity index (χ1n) is 12.6. The maximum absolute atomic E-state index is 14.0. The maximum atomic E-state index is 14.0. The van der Waals surface area contributed by atoms with E-state index >= 15 is 0 Å². The Morgan fingerprint density at radius 3 is 2.56 bits per heavy atom. The molecule has 2 amide bonds. The average Bonchev–Trinajstić information content (AvgIpc) is 2.94. The summed E-state index contributed by atoms with van der Waals surface area (Å²) in [7, 11) is 1.72. The predicted octanol–water partition coefficient (Wildman–Crippen LogP) is 5.17. The van der Waals surface area contributed by atoms with E-state index < -0.39 is 0 Å². The Kier molecular flexibility index (Phi) is 8.15. The molecule has 5 nitrogen and oxygen atoms in total. The molecule has 0 saturated carbocycles. The van der Waals surface area contributed by atoms with Crippen LogP contribution >= 0.6 is 11.6 Å². The van der Waals surface area contributed by atoms with Crippen LogP contribution in [0.2, 0.25) is 5.02 Å². The summed E-state index contributed by atoms with van der Waals surface area (Å²) in [4.78, 5) is 31.0. The van der Waals surface area contributed by atoms with Gasteiger partial charge in [-0.15, -0.1) is 0 Å². The molecule has 1 saturated heterocycles. The van der Waals surface area contributed by atoms with Crippen LogP contribution in [0.4, 0.5) is 0 Å². The predicted molar refractivity (Wildman–Crippen MR) is 136 cm³/mol. The van der Waals surface area contributed by atoms with Gasteiger partial charge in [0.05, 0.1) is 18.6 Å². The van der Waals surface area contributed by atoms with Crippen molar-refractivity contribution in [3.05, 3.63) is 58.7 Å². The minimum Gasteiger partial charge on any atom is -0.377 e. The van der Waals surface area contributed by atoms with Crippen molar-refractivity contribution in [3.63, 3.8) is 0 Å². The number of halogens is 1. The smallest absolute Gasteiger partial charge is 0.242 e. The molecular formula is C28H37ClN2O3. The molecule has 1 aromatic rings. The van der Waals surface area contributed by atoms with E-state index in [1.165, 1.54) is 6.42 Å². The number of allylic oxidation sites excluding steroid dienone is 2. The summed E-state index contributed by atoms with van der Waals surface area (Å²) in [5.74, 6) is 0.199. The lowest BCUT2D eigenvalue weighted by Crippen LogP contribution is -2.47. The van der Waals surface area contributed by atoms with Gasteiger partial charge in [-0.05, 0) is 54.9 Å². The number of likely N-dealkylation sites (tertiary alicyclic amines) is 1. The standard InChI is InChI=1S/C28H37ClN2O3/c1-19(2)15-24-21-12-11-20(29)16-23(21)25(22-9-5-6-10-26(22)34-3)17-31(28(24)33)18-27(32)30-13-7-4-8-14-30/h5-6,9-12,16,19,22,24-26H,4,7-8,13-15,17-18H2,1-3H3. The molecular weight excluding hydrogens is 448 g/mol. The van der Waals surface area contributed by atoms with E-state index in [0.717, 1.165) is 43.5 Å². The fourth-order valence-electron chi connectivity index (χ4n) is 5.74. The molecule has 4 rings (SSSR count). The monoisotopic (exact) mass is 484 g/mol. The molecule has 4 atom stereocenters. The summed E-state index contributed by atoms with van der Waals surface area (Å²) < 4.78 is 5.82. The molecule has 34 heavy (non-hydrogen) atoms. The quantitative estimate of drug-likeness (QED) is 0.560. The first kappa shape index (κ1) is 25.0. The van der Waals surface area contributed by atoms with Gasteiger partial charge >= 0.3 is 0 Å². The Balaban J connectivity index is 1.74. The van der Waals surface area contributed by atoms with Crippen molar-refractivity contribution in [3.8, 4) is 0 Å². The van der Waals surface area contributed by atoms with E-state index in [0.29, 0.717) is 17.5 Å². The largest absolute Gasteiger partial charge is 0.377 e. The second kappa shape index (κ2) is 11.1. The van der Waals surface area contributed by atoms with Gasteiger partial charge in [0.2, 0.25) is 11.8 Å². The Morgan fingerprint density at radius 1 is 1.12 bits per heavy atom. The van der Waals surface area contributed by atoms with Gasteiger partial charge < -0.3 is 14.5 Å². The van der Waals surface area contributed by atoms with Gasteiger partial charge in [0, 0.05) is 43.6 Å². The number of carbonyl (C=O) groups excluding carboxylic acids is 2. The van der Waals surface area contributed by atoms with Crippen LogP contribution in [0.1, 0.15) is 62.5 Å². The van der Waals surface area contributed by atoms with Crippen molar-refractivity contribution in [1.82, 2.24) is 9.80 Å². The third kappa shape index (κ3) is 5.41. The fraction of sp³-hybridized carbons (Fsp3) is 0.571. The van der Waals surface area contributed by atoms with E-state index in [1.54, 1.807) is 7.11 Å². The van der Waals surface area contributed by atoms with Crippen molar-refractivity contribution in [2.45, 2.75) is 57.5 Å². The topological polar surface area (TPSA) is 49.9 Å². The number of nitrogens with zero attached hydrogens (tertiary/aromatic N) is 2. The van der Waals surface area contributed by atoms with Crippen molar-refractivity contribution >= 4 is 23.4 Å². The van der Waals surface area contributed by atoms with Crippen molar-refractivity contribution in [1.29, 1.82) is 0 Å².